The van der Waals surface area contributed by atoms with Crippen molar-refractivity contribution < 1.29 is 17.6 Å². The van der Waals surface area contributed by atoms with Gasteiger partial charge in [0.1, 0.15) is 0 Å². The van der Waals surface area contributed by atoms with Gasteiger partial charge in [0.05, 0.1) is 0 Å². The molecule has 0 aromatic heterocycles. The van der Waals surface area contributed by atoms with Crippen molar-refractivity contribution >= 4 is 11.8 Å². The van der Waals surface area contributed by atoms with E-state index in [-0.39, 0.29) is 4.91 Å². The summed E-state index contributed by atoms with van der Waals surface area (Å²) in [6.07, 6.45) is 8.32. The lowest BCUT2D eigenvalue weighted by atomic mass is 10.1. The molecule has 0 saturated carbocycles. The molecular weight excluding hydrogens is 324 g/mol. The van der Waals surface area contributed by atoms with Gasteiger partial charge in [-0.3, -0.25) is 0 Å². The van der Waals surface area contributed by atoms with Crippen molar-refractivity contribution in [3.8, 4) is 0 Å². The molecule has 5 heteroatoms. The van der Waals surface area contributed by atoms with Crippen molar-refractivity contribution in [2.24, 2.45) is 0 Å². The monoisotopic (exact) mass is 352 g/mol. The van der Waals surface area contributed by atoms with Gasteiger partial charge in [0.2, 0.25) is 0 Å². The third kappa shape index (κ3) is 7.77. The molecule has 2 atom stereocenters. The van der Waals surface area contributed by atoms with E-state index in [4.69, 9.17) is 0 Å². The molecule has 0 fully saturated rings. The highest BCUT2D eigenvalue weighted by Crippen LogP contribution is 2.37. The van der Waals surface area contributed by atoms with Gasteiger partial charge in [-0.05, 0) is 18.2 Å². The lowest BCUT2D eigenvalue weighted by molar-refractivity contribution is 0.199. The van der Waals surface area contributed by atoms with Gasteiger partial charge < -0.3 is 0 Å². The molecule has 1 aliphatic rings. The SMILES string of the molecule is CCCCCCCCCCCCSC1=CC(F)C(F)C(F)=C1F. The molecule has 0 spiro atoms. The highest BCUT2D eigenvalue weighted by atomic mass is 32.2. The third-order valence-corrected chi connectivity index (χ3v) is 5.13. The molecule has 0 radical (unpaired) electrons. The van der Waals surface area contributed by atoms with E-state index in [0.717, 1.165) is 37.1 Å². The van der Waals surface area contributed by atoms with Crippen LogP contribution < -0.4 is 0 Å². The summed E-state index contributed by atoms with van der Waals surface area (Å²) in [5.74, 6) is -2.23. The van der Waals surface area contributed by atoms with Crippen LogP contribution in [0.15, 0.2) is 22.6 Å². The first-order chi connectivity index (χ1) is 11.1. The van der Waals surface area contributed by atoms with E-state index in [0.29, 0.717) is 5.75 Å². The Bertz CT molecular complexity index is 392. The summed E-state index contributed by atoms with van der Waals surface area (Å²) in [6, 6.07) is 0. The molecule has 2 unspecified atom stereocenters. The maximum atomic E-state index is 13.5. The quantitative estimate of drug-likeness (QED) is 0.261. The molecule has 0 bridgehead atoms. The first-order valence-corrected chi connectivity index (χ1v) is 9.74. The van der Waals surface area contributed by atoms with Crippen molar-refractivity contribution in [1.82, 2.24) is 0 Å². The summed E-state index contributed by atoms with van der Waals surface area (Å²) in [5, 5.41) is 0. The number of thioether (sulfide) groups is 1. The van der Waals surface area contributed by atoms with Gasteiger partial charge in [-0.15, -0.1) is 11.8 Å². The van der Waals surface area contributed by atoms with Gasteiger partial charge >= 0.3 is 0 Å². The predicted octanol–water partition coefficient (Wildman–Crippen LogP) is 7.36. The normalized spacial score (nSPS) is 21.7. The van der Waals surface area contributed by atoms with Crippen LogP contribution in [0.3, 0.4) is 0 Å². The van der Waals surface area contributed by atoms with Crippen LogP contribution in [0.2, 0.25) is 0 Å². The number of rotatable bonds is 12. The van der Waals surface area contributed by atoms with Crippen LogP contribution in [0.1, 0.15) is 71.1 Å². The maximum absolute atomic E-state index is 13.5. The fourth-order valence-electron chi connectivity index (χ4n) is 2.56. The smallest absolute Gasteiger partial charge is 0.189 e. The van der Waals surface area contributed by atoms with Gasteiger partial charge in [0.15, 0.2) is 24.0 Å². The topological polar surface area (TPSA) is 0 Å². The standard InChI is InChI=1S/C18H28F4S/c1-2-3-4-5-6-7-8-9-10-11-12-23-15-13-14(19)16(20)18(22)17(15)21/h13-14,16H,2-12H2,1H3. The zero-order valence-corrected chi connectivity index (χ0v) is 14.7. The lowest BCUT2D eigenvalue weighted by Crippen LogP contribution is -2.20. The second kappa shape index (κ2) is 12.0. The van der Waals surface area contributed by atoms with Crippen molar-refractivity contribution in [2.75, 3.05) is 5.75 Å². The number of hydrogen-bond acceptors (Lipinski definition) is 1. The van der Waals surface area contributed by atoms with Crippen LogP contribution in [0, 0.1) is 0 Å². The average Bonchev–Trinajstić information content (AvgIpc) is 2.55. The zero-order chi connectivity index (χ0) is 17.1. The summed E-state index contributed by atoms with van der Waals surface area (Å²) in [6.45, 7) is 2.21. The Hall–Kier alpha value is -0.450. The van der Waals surface area contributed by atoms with E-state index in [1.54, 1.807) is 0 Å². The van der Waals surface area contributed by atoms with Crippen molar-refractivity contribution in [2.45, 2.75) is 83.5 Å². The molecule has 0 aromatic rings. The molecule has 0 heterocycles. The Labute approximate surface area is 141 Å². The summed E-state index contributed by atoms with van der Waals surface area (Å²) >= 11 is 1.07. The molecule has 0 N–H and O–H groups in total. The van der Waals surface area contributed by atoms with E-state index in [1.165, 1.54) is 44.9 Å². The highest BCUT2D eigenvalue weighted by molar-refractivity contribution is 8.03. The predicted molar refractivity (Wildman–Crippen MR) is 91.4 cm³/mol. The number of unbranched alkanes of at least 4 members (excludes halogenated alkanes) is 9. The fourth-order valence-corrected chi connectivity index (χ4v) is 3.58. The molecule has 0 aromatic carbocycles. The second-order valence-electron chi connectivity index (χ2n) is 6.07. The van der Waals surface area contributed by atoms with E-state index in [9.17, 15) is 17.6 Å². The Morgan fingerprint density at radius 2 is 1.39 bits per heavy atom. The van der Waals surface area contributed by atoms with E-state index < -0.39 is 24.0 Å². The van der Waals surface area contributed by atoms with E-state index in [1.807, 2.05) is 0 Å². The molecule has 1 rings (SSSR count). The van der Waals surface area contributed by atoms with Gasteiger partial charge in [0.25, 0.3) is 0 Å². The molecule has 0 saturated heterocycles. The highest BCUT2D eigenvalue weighted by Gasteiger charge is 2.33. The van der Waals surface area contributed by atoms with Crippen LogP contribution >= 0.6 is 11.8 Å². The zero-order valence-electron chi connectivity index (χ0n) is 13.9. The van der Waals surface area contributed by atoms with Crippen molar-refractivity contribution in [3.63, 3.8) is 0 Å². The molecule has 1 aliphatic carbocycles. The Kier molecular flexibility index (Phi) is 10.7. The molecule has 0 nitrogen and oxygen atoms in total. The molecular formula is C18H28F4S. The van der Waals surface area contributed by atoms with E-state index >= 15 is 0 Å². The van der Waals surface area contributed by atoms with Crippen molar-refractivity contribution in [3.05, 3.63) is 22.6 Å². The largest absolute Gasteiger partial charge is 0.239 e. The minimum absolute atomic E-state index is 0.0974. The molecule has 23 heavy (non-hydrogen) atoms. The van der Waals surface area contributed by atoms with Crippen LogP contribution in [0.25, 0.3) is 0 Å². The summed E-state index contributed by atoms with van der Waals surface area (Å²) < 4.78 is 52.7. The van der Waals surface area contributed by atoms with Gasteiger partial charge in [-0.2, -0.15) is 0 Å². The summed E-state index contributed by atoms with van der Waals surface area (Å²) in [7, 11) is 0. The third-order valence-electron chi connectivity index (χ3n) is 4.01. The van der Waals surface area contributed by atoms with Crippen molar-refractivity contribution in [1.29, 1.82) is 0 Å². The fraction of sp³-hybridized carbons (Fsp3) is 0.778. The summed E-state index contributed by atoms with van der Waals surface area (Å²) in [4.78, 5) is -0.0974. The molecule has 0 amide bonds. The first kappa shape index (κ1) is 20.6. The minimum atomic E-state index is -2.49. The second-order valence-corrected chi connectivity index (χ2v) is 7.21. The summed E-state index contributed by atoms with van der Waals surface area (Å²) in [5.41, 5.74) is 0. The van der Waals surface area contributed by atoms with Gasteiger partial charge in [-0.25, -0.2) is 17.6 Å². The average molecular weight is 352 g/mol. The first-order valence-electron chi connectivity index (χ1n) is 8.76. The van der Waals surface area contributed by atoms with Crippen LogP contribution in [0.5, 0.6) is 0 Å². The Morgan fingerprint density at radius 1 is 0.870 bits per heavy atom. The van der Waals surface area contributed by atoms with E-state index in [2.05, 4.69) is 6.92 Å². The number of halogens is 4. The lowest BCUT2D eigenvalue weighted by Gasteiger charge is -2.17. The molecule has 0 aliphatic heterocycles. The minimum Gasteiger partial charge on any atom is -0.239 e. The van der Waals surface area contributed by atoms with Crippen LogP contribution in [0.4, 0.5) is 17.6 Å². The Morgan fingerprint density at radius 3 is 1.96 bits per heavy atom. The molecule has 134 valence electrons. The number of hydrogen-bond donors (Lipinski definition) is 0. The van der Waals surface area contributed by atoms with Gasteiger partial charge in [-0.1, -0.05) is 64.7 Å². The van der Waals surface area contributed by atoms with Crippen LogP contribution in [-0.4, -0.2) is 18.1 Å². The van der Waals surface area contributed by atoms with Gasteiger partial charge in [0, 0.05) is 4.91 Å². The maximum Gasteiger partial charge on any atom is 0.189 e. The Balaban J connectivity index is 2.04. The number of allylic oxidation sites excluding steroid dienone is 3. The van der Waals surface area contributed by atoms with Crippen LogP contribution in [-0.2, 0) is 0 Å². The number of alkyl halides is 2.